The van der Waals surface area contributed by atoms with Crippen molar-refractivity contribution in [1.82, 2.24) is 5.32 Å². The summed E-state index contributed by atoms with van der Waals surface area (Å²) in [4.78, 5) is 11.8. The van der Waals surface area contributed by atoms with Gasteiger partial charge in [-0.2, -0.15) is 0 Å². The van der Waals surface area contributed by atoms with Crippen LogP contribution >= 0.6 is 0 Å². The molecule has 1 atom stereocenters. The summed E-state index contributed by atoms with van der Waals surface area (Å²) in [5, 5.41) is 2.83. The van der Waals surface area contributed by atoms with Crippen LogP contribution in [0.15, 0.2) is 29.2 Å². The van der Waals surface area contributed by atoms with Crippen LogP contribution in [0.4, 0.5) is 0 Å². The maximum Gasteiger partial charge on any atom is 0.329 e. The summed E-state index contributed by atoms with van der Waals surface area (Å²) in [5.41, 5.74) is -1.00. The molecule has 0 aliphatic rings. The van der Waals surface area contributed by atoms with Crippen molar-refractivity contribution in [2.75, 3.05) is 27.0 Å². The minimum atomic E-state index is -3.29. The Labute approximate surface area is 119 Å². The van der Waals surface area contributed by atoms with Crippen LogP contribution in [-0.4, -0.2) is 46.9 Å². The summed E-state index contributed by atoms with van der Waals surface area (Å²) in [7, 11) is -0.381. The zero-order valence-electron chi connectivity index (χ0n) is 12.0. The topological polar surface area (TPSA) is 81.7 Å². The van der Waals surface area contributed by atoms with Gasteiger partial charge in [-0.3, -0.25) is 0 Å². The fourth-order valence-corrected chi connectivity index (χ4v) is 2.14. The number of hydrogen-bond acceptors (Lipinski definition) is 6. The second kappa shape index (κ2) is 6.23. The Kier molecular flexibility index (Phi) is 5.13. The van der Waals surface area contributed by atoms with Gasteiger partial charge in [-0.1, -0.05) is 6.07 Å². The molecule has 0 amide bonds. The highest BCUT2D eigenvalue weighted by Crippen LogP contribution is 2.19. The summed E-state index contributed by atoms with van der Waals surface area (Å²) in [5.74, 6) is -0.0856. The van der Waals surface area contributed by atoms with E-state index in [4.69, 9.17) is 9.47 Å². The van der Waals surface area contributed by atoms with Crippen LogP contribution in [0, 0.1) is 0 Å². The lowest BCUT2D eigenvalue weighted by molar-refractivity contribution is -0.148. The molecule has 1 aromatic rings. The van der Waals surface area contributed by atoms with E-state index in [-0.39, 0.29) is 11.5 Å². The molecule has 0 fully saturated rings. The third kappa shape index (κ3) is 3.94. The van der Waals surface area contributed by atoms with Gasteiger partial charge in [0.2, 0.25) is 0 Å². The molecule has 0 heterocycles. The van der Waals surface area contributed by atoms with Crippen LogP contribution in [0.2, 0.25) is 0 Å². The zero-order valence-corrected chi connectivity index (χ0v) is 12.8. The molecule has 0 radical (unpaired) electrons. The molecule has 0 saturated heterocycles. The van der Waals surface area contributed by atoms with Crippen LogP contribution in [-0.2, 0) is 19.4 Å². The van der Waals surface area contributed by atoms with E-state index in [1.54, 1.807) is 26.1 Å². The minimum absolute atomic E-state index is 0.0173. The highest BCUT2D eigenvalue weighted by molar-refractivity contribution is 7.90. The maximum absolute atomic E-state index is 11.7. The smallest absolute Gasteiger partial charge is 0.329 e. The lowest BCUT2D eigenvalue weighted by atomic mass is 10.1. The molecule has 7 heteroatoms. The number of sulfone groups is 1. The first-order valence-electron chi connectivity index (χ1n) is 5.93. The first-order chi connectivity index (χ1) is 9.23. The van der Waals surface area contributed by atoms with Crippen LogP contribution in [0.1, 0.15) is 6.92 Å². The van der Waals surface area contributed by atoms with E-state index in [0.29, 0.717) is 5.75 Å². The van der Waals surface area contributed by atoms with Crippen molar-refractivity contribution in [2.24, 2.45) is 0 Å². The van der Waals surface area contributed by atoms with Crippen molar-refractivity contribution in [1.29, 1.82) is 0 Å². The maximum atomic E-state index is 11.7. The summed E-state index contributed by atoms with van der Waals surface area (Å²) in [6, 6.07) is 6.12. The number of likely N-dealkylation sites (N-methyl/N-ethyl adjacent to an activating group) is 1. The van der Waals surface area contributed by atoms with Gasteiger partial charge in [-0.05, 0) is 32.2 Å². The summed E-state index contributed by atoms with van der Waals surface area (Å²) >= 11 is 0. The van der Waals surface area contributed by atoms with E-state index >= 15 is 0 Å². The van der Waals surface area contributed by atoms with Crippen LogP contribution in [0.5, 0.6) is 5.75 Å². The van der Waals surface area contributed by atoms with Gasteiger partial charge in [0.25, 0.3) is 0 Å². The molecular formula is C13H19NO5S. The molecule has 0 saturated carbocycles. The van der Waals surface area contributed by atoms with Gasteiger partial charge in [-0.15, -0.1) is 0 Å². The van der Waals surface area contributed by atoms with Crippen LogP contribution in [0.25, 0.3) is 0 Å². The molecule has 1 aromatic carbocycles. The second-order valence-corrected chi connectivity index (χ2v) is 6.63. The number of methoxy groups -OCH3 is 1. The van der Waals surface area contributed by atoms with Gasteiger partial charge in [0.1, 0.15) is 17.9 Å². The molecule has 1 unspecified atom stereocenters. The normalized spacial score (nSPS) is 14.4. The van der Waals surface area contributed by atoms with Gasteiger partial charge in [-0.25, -0.2) is 13.2 Å². The predicted octanol–water partition coefficient (Wildman–Crippen LogP) is 0.620. The molecular weight excluding hydrogens is 282 g/mol. The number of ether oxygens (including phenoxy) is 2. The average Bonchev–Trinajstić information content (AvgIpc) is 2.43. The van der Waals surface area contributed by atoms with Gasteiger partial charge in [0.05, 0.1) is 12.0 Å². The number of carbonyl (C=O) groups excluding carboxylic acids is 1. The van der Waals surface area contributed by atoms with E-state index in [2.05, 4.69) is 5.32 Å². The number of esters is 1. The molecule has 1 N–H and O–H groups in total. The fraction of sp³-hybridized carbons (Fsp3) is 0.462. The molecule has 20 heavy (non-hydrogen) atoms. The fourth-order valence-electron chi connectivity index (χ4n) is 1.48. The molecule has 0 spiro atoms. The Morgan fingerprint density at radius 2 is 2.05 bits per heavy atom. The third-order valence-electron chi connectivity index (χ3n) is 2.95. The highest BCUT2D eigenvalue weighted by Gasteiger charge is 2.33. The Morgan fingerprint density at radius 3 is 2.55 bits per heavy atom. The van der Waals surface area contributed by atoms with Gasteiger partial charge < -0.3 is 14.8 Å². The van der Waals surface area contributed by atoms with Gasteiger partial charge >= 0.3 is 5.97 Å². The third-order valence-corrected chi connectivity index (χ3v) is 4.06. The summed E-state index contributed by atoms with van der Waals surface area (Å²) in [6.45, 7) is 1.66. The standard InChI is InChI=1S/C13H19NO5S/c1-13(14-2,12(15)18-3)9-19-10-6-5-7-11(8-10)20(4,16)17/h5-8,14H,9H2,1-4H3. The number of carbonyl (C=O) groups is 1. The minimum Gasteiger partial charge on any atom is -0.491 e. The first kappa shape index (κ1) is 16.5. The largest absolute Gasteiger partial charge is 0.491 e. The quantitative estimate of drug-likeness (QED) is 0.776. The Morgan fingerprint density at radius 1 is 1.40 bits per heavy atom. The van der Waals surface area contributed by atoms with Crippen molar-refractivity contribution in [3.63, 3.8) is 0 Å². The van der Waals surface area contributed by atoms with E-state index in [9.17, 15) is 13.2 Å². The van der Waals surface area contributed by atoms with Crippen LogP contribution < -0.4 is 10.1 Å². The van der Waals surface area contributed by atoms with Crippen molar-refractivity contribution in [3.8, 4) is 5.75 Å². The monoisotopic (exact) mass is 301 g/mol. The summed E-state index contributed by atoms with van der Waals surface area (Å²) in [6.07, 6.45) is 1.12. The molecule has 1 rings (SSSR count). The lowest BCUT2D eigenvalue weighted by Crippen LogP contribution is -2.52. The van der Waals surface area contributed by atoms with E-state index < -0.39 is 21.3 Å². The van der Waals surface area contributed by atoms with Crippen molar-refractivity contribution in [3.05, 3.63) is 24.3 Å². The second-order valence-electron chi connectivity index (χ2n) is 4.61. The lowest BCUT2D eigenvalue weighted by Gasteiger charge is -2.26. The Bertz CT molecular complexity index is 584. The van der Waals surface area contributed by atoms with Crippen molar-refractivity contribution < 1.29 is 22.7 Å². The number of benzene rings is 1. The zero-order chi connectivity index (χ0) is 15.4. The van der Waals surface area contributed by atoms with E-state index in [1.807, 2.05) is 0 Å². The van der Waals surface area contributed by atoms with Gasteiger partial charge in [0, 0.05) is 6.26 Å². The molecule has 0 aliphatic heterocycles. The molecule has 6 nitrogen and oxygen atoms in total. The Hall–Kier alpha value is -1.60. The summed E-state index contributed by atoms with van der Waals surface area (Å²) < 4.78 is 33.1. The molecule has 112 valence electrons. The number of nitrogens with one attached hydrogen (secondary N) is 1. The van der Waals surface area contributed by atoms with Crippen molar-refractivity contribution in [2.45, 2.75) is 17.4 Å². The van der Waals surface area contributed by atoms with E-state index in [0.717, 1.165) is 6.26 Å². The predicted molar refractivity (Wildman–Crippen MR) is 74.5 cm³/mol. The van der Waals surface area contributed by atoms with Gasteiger partial charge in [0.15, 0.2) is 9.84 Å². The number of hydrogen-bond donors (Lipinski definition) is 1. The average molecular weight is 301 g/mol. The molecule has 0 aliphatic carbocycles. The number of rotatable bonds is 6. The Balaban J connectivity index is 2.87. The molecule has 0 bridgehead atoms. The molecule has 0 aromatic heterocycles. The van der Waals surface area contributed by atoms with Crippen LogP contribution in [0.3, 0.4) is 0 Å². The van der Waals surface area contributed by atoms with E-state index in [1.165, 1.54) is 19.2 Å². The highest BCUT2D eigenvalue weighted by atomic mass is 32.2. The SMILES string of the molecule is CNC(C)(COc1cccc(S(C)(=O)=O)c1)C(=O)OC. The van der Waals surface area contributed by atoms with Crippen molar-refractivity contribution >= 4 is 15.8 Å². The first-order valence-corrected chi connectivity index (χ1v) is 7.82.